The summed E-state index contributed by atoms with van der Waals surface area (Å²) in [7, 11) is 1.69. The normalized spacial score (nSPS) is 26.3. The summed E-state index contributed by atoms with van der Waals surface area (Å²) in [5.74, 6) is 1.68. The van der Waals surface area contributed by atoms with Gasteiger partial charge in [-0.3, -0.25) is 9.89 Å². The minimum atomic E-state index is -0.270. The average Bonchev–Trinajstić information content (AvgIpc) is 2.81. The van der Waals surface area contributed by atoms with Gasteiger partial charge in [-0.15, -0.1) is 0 Å². The number of morpholine rings is 1. The second-order valence-corrected chi connectivity index (χ2v) is 8.93. The third-order valence-electron chi connectivity index (χ3n) is 6.67. The fourth-order valence-electron chi connectivity index (χ4n) is 4.53. The molecule has 2 aliphatic rings. The minimum absolute atomic E-state index is 0.139. The summed E-state index contributed by atoms with van der Waals surface area (Å²) in [5, 5.41) is 17.4. The van der Waals surface area contributed by atoms with E-state index in [1.807, 2.05) is 12.1 Å². The second kappa shape index (κ2) is 11.7. The molecule has 1 aliphatic carbocycles. The van der Waals surface area contributed by atoms with Gasteiger partial charge in [-0.05, 0) is 37.5 Å². The molecule has 3 atom stereocenters. The molecule has 174 valence electrons. The molecule has 1 saturated carbocycles. The van der Waals surface area contributed by atoms with Crippen LogP contribution in [0.25, 0.3) is 0 Å². The van der Waals surface area contributed by atoms with Gasteiger partial charge >= 0.3 is 0 Å². The van der Waals surface area contributed by atoms with Crippen LogP contribution in [0, 0.1) is 5.41 Å². The Morgan fingerprint density at radius 3 is 2.65 bits per heavy atom. The zero-order valence-corrected chi connectivity index (χ0v) is 19.4. The molecule has 1 aliphatic heterocycles. The minimum Gasteiger partial charge on any atom is -0.497 e. The number of guanidine groups is 1. The number of nitrogens with zero attached hydrogens (tertiary/aromatic N) is 2. The maximum atomic E-state index is 10.5. The van der Waals surface area contributed by atoms with Crippen molar-refractivity contribution >= 4 is 5.96 Å². The Kier molecular flexibility index (Phi) is 8.99. The number of aliphatic hydroxyl groups excluding tert-OH is 1. The van der Waals surface area contributed by atoms with E-state index < -0.39 is 0 Å². The average molecular weight is 433 g/mol. The number of hydrogen-bond donors (Lipinski definition) is 3. The van der Waals surface area contributed by atoms with E-state index >= 15 is 0 Å². The van der Waals surface area contributed by atoms with Crippen LogP contribution in [0.3, 0.4) is 0 Å². The summed E-state index contributed by atoms with van der Waals surface area (Å²) < 4.78 is 10.9. The van der Waals surface area contributed by atoms with Crippen molar-refractivity contribution in [1.29, 1.82) is 0 Å². The molecule has 31 heavy (non-hydrogen) atoms. The Hall–Kier alpha value is -1.83. The molecule has 7 heteroatoms. The van der Waals surface area contributed by atoms with Gasteiger partial charge in [-0.25, -0.2) is 0 Å². The molecule has 1 aromatic carbocycles. The van der Waals surface area contributed by atoms with E-state index in [1.54, 1.807) is 7.11 Å². The topological polar surface area (TPSA) is 78.4 Å². The first-order valence-electron chi connectivity index (χ1n) is 11.7. The number of ether oxygens (including phenoxy) is 2. The fourth-order valence-corrected chi connectivity index (χ4v) is 4.53. The molecule has 7 nitrogen and oxygen atoms in total. The van der Waals surface area contributed by atoms with E-state index in [1.165, 1.54) is 12.0 Å². The monoisotopic (exact) mass is 432 g/mol. The van der Waals surface area contributed by atoms with E-state index in [-0.39, 0.29) is 17.6 Å². The largest absolute Gasteiger partial charge is 0.497 e. The molecule has 3 rings (SSSR count). The highest BCUT2D eigenvalue weighted by atomic mass is 16.5. The Bertz CT molecular complexity index is 691. The van der Waals surface area contributed by atoms with Crippen LogP contribution in [0.2, 0.25) is 0 Å². The van der Waals surface area contributed by atoms with E-state index in [2.05, 4.69) is 41.5 Å². The number of aliphatic hydroxyl groups is 1. The summed E-state index contributed by atoms with van der Waals surface area (Å²) >= 11 is 0. The van der Waals surface area contributed by atoms with Crippen LogP contribution in [-0.2, 0) is 4.74 Å². The van der Waals surface area contributed by atoms with E-state index in [9.17, 15) is 5.11 Å². The summed E-state index contributed by atoms with van der Waals surface area (Å²) in [6.07, 6.45) is 3.92. The second-order valence-electron chi connectivity index (χ2n) is 8.93. The fraction of sp³-hybridized carbons (Fsp3) is 0.708. The molecular formula is C24H40N4O3. The summed E-state index contributed by atoms with van der Waals surface area (Å²) in [6.45, 7) is 9.78. The van der Waals surface area contributed by atoms with E-state index in [4.69, 9.17) is 14.5 Å². The zero-order chi connectivity index (χ0) is 22.1. The Morgan fingerprint density at radius 1 is 1.26 bits per heavy atom. The third-order valence-corrected chi connectivity index (χ3v) is 6.67. The summed E-state index contributed by atoms with van der Waals surface area (Å²) in [4.78, 5) is 7.34. The molecule has 1 aromatic rings. The lowest BCUT2D eigenvalue weighted by Crippen LogP contribution is -2.47. The van der Waals surface area contributed by atoms with Crippen molar-refractivity contribution in [3.05, 3.63) is 29.8 Å². The number of nitrogens with one attached hydrogen (secondary N) is 2. The molecule has 0 bridgehead atoms. The van der Waals surface area contributed by atoms with Crippen LogP contribution in [0.5, 0.6) is 5.75 Å². The first-order valence-corrected chi connectivity index (χ1v) is 11.7. The Labute approximate surface area is 187 Å². The van der Waals surface area contributed by atoms with Gasteiger partial charge in [-0.1, -0.05) is 31.9 Å². The van der Waals surface area contributed by atoms with Crippen LogP contribution in [0.4, 0.5) is 0 Å². The molecule has 0 amide bonds. The zero-order valence-electron chi connectivity index (χ0n) is 19.4. The van der Waals surface area contributed by atoms with Crippen molar-refractivity contribution in [2.45, 2.75) is 51.7 Å². The summed E-state index contributed by atoms with van der Waals surface area (Å²) in [6, 6.07) is 8.55. The van der Waals surface area contributed by atoms with Crippen molar-refractivity contribution < 1.29 is 14.6 Å². The molecule has 2 fully saturated rings. The SMILES string of the molecule is CCNC(=NCC1(C)CCCCC1O)NCC(c1ccc(OC)cc1)N1CCOCC1. The number of rotatable bonds is 8. The van der Waals surface area contributed by atoms with Crippen LogP contribution < -0.4 is 15.4 Å². The molecule has 3 N–H and O–H groups in total. The van der Waals surface area contributed by atoms with Gasteiger partial charge in [0.25, 0.3) is 0 Å². The van der Waals surface area contributed by atoms with Gasteiger partial charge < -0.3 is 25.2 Å². The van der Waals surface area contributed by atoms with Crippen LogP contribution in [-0.4, -0.2) is 75.1 Å². The highest BCUT2D eigenvalue weighted by Gasteiger charge is 2.35. The number of aliphatic imine (C=N–C) groups is 1. The standard InChI is InChI=1S/C24H40N4O3/c1-4-25-23(27-18-24(2)12-6-5-7-22(24)29)26-17-21(28-13-15-31-16-14-28)19-8-10-20(30-3)11-9-19/h8-11,21-22,29H,4-7,12-18H2,1-3H3,(H2,25,26,27). The van der Waals surface area contributed by atoms with Crippen molar-refractivity contribution in [2.75, 3.05) is 53.0 Å². The third kappa shape index (κ3) is 6.57. The molecule has 0 radical (unpaired) electrons. The first kappa shape index (κ1) is 23.8. The first-order chi connectivity index (χ1) is 15.1. The lowest BCUT2D eigenvalue weighted by atomic mass is 9.73. The molecule has 0 aromatic heterocycles. The Balaban J connectivity index is 1.70. The predicted octanol–water partition coefficient (Wildman–Crippen LogP) is 2.56. The smallest absolute Gasteiger partial charge is 0.191 e. The van der Waals surface area contributed by atoms with Crippen molar-refractivity contribution in [1.82, 2.24) is 15.5 Å². The van der Waals surface area contributed by atoms with Crippen molar-refractivity contribution in [3.8, 4) is 5.75 Å². The highest BCUT2D eigenvalue weighted by Crippen LogP contribution is 2.36. The van der Waals surface area contributed by atoms with Gasteiger partial charge in [0, 0.05) is 31.6 Å². The van der Waals surface area contributed by atoms with Crippen molar-refractivity contribution in [2.24, 2.45) is 10.4 Å². The molecule has 1 saturated heterocycles. The lowest BCUT2D eigenvalue weighted by Gasteiger charge is -2.37. The van der Waals surface area contributed by atoms with E-state index in [0.717, 1.165) is 70.4 Å². The van der Waals surface area contributed by atoms with Crippen LogP contribution >= 0.6 is 0 Å². The van der Waals surface area contributed by atoms with Gasteiger partial charge in [0.1, 0.15) is 5.75 Å². The number of benzene rings is 1. The van der Waals surface area contributed by atoms with Gasteiger partial charge in [0.05, 0.1) is 39.0 Å². The van der Waals surface area contributed by atoms with Crippen LogP contribution in [0.15, 0.2) is 29.3 Å². The highest BCUT2D eigenvalue weighted by molar-refractivity contribution is 5.79. The molecule has 3 unspecified atom stereocenters. The molecule has 1 heterocycles. The van der Waals surface area contributed by atoms with E-state index in [0.29, 0.717) is 6.54 Å². The quantitative estimate of drug-likeness (QED) is 0.433. The Morgan fingerprint density at radius 2 is 2.00 bits per heavy atom. The molecule has 0 spiro atoms. The number of hydrogen-bond acceptors (Lipinski definition) is 5. The van der Waals surface area contributed by atoms with Crippen LogP contribution in [0.1, 0.15) is 51.1 Å². The van der Waals surface area contributed by atoms with Gasteiger partial charge in [-0.2, -0.15) is 0 Å². The van der Waals surface area contributed by atoms with Crippen molar-refractivity contribution in [3.63, 3.8) is 0 Å². The predicted molar refractivity (Wildman–Crippen MR) is 125 cm³/mol. The summed E-state index contributed by atoms with van der Waals surface area (Å²) in [5.41, 5.74) is 1.11. The van der Waals surface area contributed by atoms with Gasteiger partial charge in [0.15, 0.2) is 5.96 Å². The number of methoxy groups -OCH3 is 1. The lowest BCUT2D eigenvalue weighted by molar-refractivity contribution is 0.00711. The van der Waals surface area contributed by atoms with Gasteiger partial charge in [0.2, 0.25) is 0 Å². The molecular weight excluding hydrogens is 392 g/mol. The maximum absolute atomic E-state index is 10.5. The maximum Gasteiger partial charge on any atom is 0.191 e.